The summed E-state index contributed by atoms with van der Waals surface area (Å²) in [5.41, 5.74) is 3.28. The van der Waals surface area contributed by atoms with Crippen molar-refractivity contribution in [1.29, 1.82) is 0 Å². The van der Waals surface area contributed by atoms with Crippen LogP contribution in [0.5, 0.6) is 5.75 Å². The molecule has 1 aliphatic rings. The summed E-state index contributed by atoms with van der Waals surface area (Å²) >= 11 is 0. The van der Waals surface area contributed by atoms with Crippen molar-refractivity contribution in [2.75, 3.05) is 22.8 Å². The normalized spacial score (nSPS) is 13.3. The van der Waals surface area contributed by atoms with Gasteiger partial charge in [0.15, 0.2) is 0 Å². The number of hydrogen-bond donors (Lipinski definition) is 1. The smallest absolute Gasteiger partial charge is 0.261 e. The highest BCUT2D eigenvalue weighted by Crippen LogP contribution is 2.31. The molecule has 0 saturated carbocycles. The van der Waals surface area contributed by atoms with Gasteiger partial charge in [-0.1, -0.05) is 42.0 Å². The largest absolute Gasteiger partial charge is 0.490 e. The van der Waals surface area contributed by atoms with Gasteiger partial charge in [0.1, 0.15) is 12.4 Å². The quantitative estimate of drug-likeness (QED) is 0.630. The molecule has 0 fully saturated rings. The van der Waals surface area contributed by atoms with E-state index in [9.17, 15) is 13.2 Å². The second kappa shape index (κ2) is 8.81. The van der Waals surface area contributed by atoms with E-state index >= 15 is 0 Å². The number of anilines is 2. The van der Waals surface area contributed by atoms with Crippen molar-refractivity contribution in [2.45, 2.75) is 24.7 Å². The molecule has 1 amide bonds. The molecule has 4 rings (SSSR count). The first-order chi connectivity index (χ1) is 14.9. The number of para-hydroxylation sites is 2. The van der Waals surface area contributed by atoms with Crippen LogP contribution in [-0.2, 0) is 21.2 Å². The summed E-state index contributed by atoms with van der Waals surface area (Å²) in [6.45, 7) is 2.95. The van der Waals surface area contributed by atoms with Crippen LogP contribution in [-0.4, -0.2) is 27.5 Å². The van der Waals surface area contributed by atoms with Crippen LogP contribution in [0, 0.1) is 6.92 Å². The molecule has 7 heteroatoms. The lowest BCUT2D eigenvalue weighted by Crippen LogP contribution is -2.38. The Morgan fingerprint density at radius 3 is 2.45 bits per heavy atom. The number of fused-ring (bicyclic) bond motifs is 1. The third kappa shape index (κ3) is 4.88. The number of hydrogen-bond acceptors (Lipinski definition) is 4. The molecule has 0 aliphatic carbocycles. The second-order valence-corrected chi connectivity index (χ2v) is 9.16. The molecule has 3 aromatic rings. The van der Waals surface area contributed by atoms with Crippen LogP contribution in [0.2, 0.25) is 0 Å². The number of ether oxygens (including phenoxy) is 1. The number of aryl methyl sites for hydroxylation is 2. The van der Waals surface area contributed by atoms with Gasteiger partial charge in [-0.2, -0.15) is 0 Å². The fourth-order valence-corrected chi connectivity index (χ4v) is 4.54. The van der Waals surface area contributed by atoms with Crippen molar-refractivity contribution in [1.82, 2.24) is 0 Å². The monoisotopic (exact) mass is 436 g/mol. The predicted molar refractivity (Wildman–Crippen MR) is 121 cm³/mol. The number of rotatable bonds is 6. The molecule has 1 heterocycles. The highest BCUT2D eigenvalue weighted by Gasteiger charge is 2.23. The van der Waals surface area contributed by atoms with Crippen molar-refractivity contribution in [3.05, 3.63) is 83.9 Å². The lowest BCUT2D eigenvalue weighted by atomic mass is 10.1. The number of carbonyl (C=O) groups excluding carboxylic acids is 1. The Balaban J connectivity index is 1.39. The molecule has 0 spiro atoms. The van der Waals surface area contributed by atoms with E-state index in [-0.39, 0.29) is 10.8 Å². The number of nitrogens with zero attached hydrogens (tertiary/aromatic N) is 1. The van der Waals surface area contributed by atoms with E-state index in [0.717, 1.165) is 22.6 Å². The molecule has 0 unspecified atom stereocenters. The first-order valence-corrected chi connectivity index (χ1v) is 11.6. The topological polar surface area (TPSA) is 75.7 Å². The van der Waals surface area contributed by atoms with Gasteiger partial charge in [0, 0.05) is 12.1 Å². The summed E-state index contributed by atoms with van der Waals surface area (Å²) in [5.74, 6) is 0.742. The van der Waals surface area contributed by atoms with E-state index in [1.165, 1.54) is 0 Å². The molecule has 0 aromatic heterocycles. The standard InChI is InChI=1S/C24H24N2O4S/c1-18-6-11-20(12-7-18)25-31(28,29)21-13-8-19(9-14-21)10-15-24(27)26-16-17-30-23-5-3-2-4-22(23)26/h2-9,11-14,25H,10,15-17H2,1H3. The van der Waals surface area contributed by atoms with Crippen molar-refractivity contribution in [3.63, 3.8) is 0 Å². The zero-order valence-electron chi connectivity index (χ0n) is 17.2. The second-order valence-electron chi connectivity index (χ2n) is 7.48. The molecular formula is C24H24N2O4S. The summed E-state index contributed by atoms with van der Waals surface area (Å²) < 4.78 is 33.4. The first-order valence-electron chi connectivity index (χ1n) is 10.1. The van der Waals surface area contributed by atoms with Gasteiger partial charge >= 0.3 is 0 Å². The molecule has 0 atom stereocenters. The van der Waals surface area contributed by atoms with E-state index < -0.39 is 10.0 Å². The maximum Gasteiger partial charge on any atom is 0.261 e. The third-order valence-corrected chi connectivity index (χ3v) is 6.59. The van der Waals surface area contributed by atoms with E-state index in [1.807, 2.05) is 43.3 Å². The molecule has 160 valence electrons. The highest BCUT2D eigenvalue weighted by atomic mass is 32.2. The van der Waals surface area contributed by atoms with Crippen LogP contribution >= 0.6 is 0 Å². The molecule has 6 nitrogen and oxygen atoms in total. The third-order valence-electron chi connectivity index (χ3n) is 5.19. The number of sulfonamides is 1. The average molecular weight is 437 g/mol. The highest BCUT2D eigenvalue weighted by molar-refractivity contribution is 7.92. The summed E-state index contributed by atoms with van der Waals surface area (Å²) in [5, 5.41) is 0. The molecular weight excluding hydrogens is 412 g/mol. The maximum absolute atomic E-state index is 12.8. The Morgan fingerprint density at radius 1 is 1.00 bits per heavy atom. The zero-order valence-corrected chi connectivity index (χ0v) is 18.1. The summed E-state index contributed by atoms with van der Waals surface area (Å²) in [6.07, 6.45) is 0.867. The van der Waals surface area contributed by atoms with Gasteiger partial charge in [-0.15, -0.1) is 0 Å². The predicted octanol–water partition coefficient (Wildman–Crippen LogP) is 4.15. The lowest BCUT2D eigenvalue weighted by molar-refractivity contribution is -0.118. The van der Waals surface area contributed by atoms with E-state index in [0.29, 0.717) is 31.7 Å². The Labute approximate surface area is 182 Å². The van der Waals surface area contributed by atoms with Crippen molar-refractivity contribution in [3.8, 4) is 5.75 Å². The summed E-state index contributed by atoms with van der Waals surface area (Å²) in [4.78, 5) is 14.7. The minimum Gasteiger partial charge on any atom is -0.490 e. The molecule has 0 saturated heterocycles. The van der Waals surface area contributed by atoms with Crippen molar-refractivity contribution < 1.29 is 17.9 Å². The molecule has 0 radical (unpaired) electrons. The molecule has 3 aromatic carbocycles. The number of benzene rings is 3. The minimum absolute atomic E-state index is 0.0217. The van der Waals surface area contributed by atoms with Gasteiger partial charge < -0.3 is 9.64 Å². The van der Waals surface area contributed by atoms with E-state index in [4.69, 9.17) is 4.74 Å². The molecule has 31 heavy (non-hydrogen) atoms. The fraction of sp³-hybridized carbons (Fsp3) is 0.208. The van der Waals surface area contributed by atoms with Crippen LogP contribution < -0.4 is 14.4 Å². The lowest BCUT2D eigenvalue weighted by Gasteiger charge is -2.29. The Kier molecular flexibility index (Phi) is 5.95. The molecule has 1 N–H and O–H groups in total. The number of carbonyl (C=O) groups is 1. The van der Waals surface area contributed by atoms with Crippen LogP contribution in [0.3, 0.4) is 0 Å². The van der Waals surface area contributed by atoms with E-state index in [1.54, 1.807) is 41.3 Å². The van der Waals surface area contributed by atoms with Crippen LogP contribution in [0.4, 0.5) is 11.4 Å². The van der Waals surface area contributed by atoms with Gasteiger partial charge in [-0.3, -0.25) is 9.52 Å². The van der Waals surface area contributed by atoms with Gasteiger partial charge in [-0.25, -0.2) is 8.42 Å². The van der Waals surface area contributed by atoms with E-state index in [2.05, 4.69) is 4.72 Å². The maximum atomic E-state index is 12.8. The number of amides is 1. The number of nitrogens with one attached hydrogen (secondary N) is 1. The van der Waals surface area contributed by atoms with Gasteiger partial charge in [0.05, 0.1) is 17.1 Å². The Bertz CT molecular complexity index is 1170. The SMILES string of the molecule is Cc1ccc(NS(=O)(=O)c2ccc(CCC(=O)N3CCOc4ccccc43)cc2)cc1. The van der Waals surface area contributed by atoms with Crippen molar-refractivity contribution >= 4 is 27.3 Å². The Hall–Kier alpha value is -3.32. The zero-order chi connectivity index (χ0) is 21.8. The fourth-order valence-electron chi connectivity index (χ4n) is 3.49. The first kappa shape index (κ1) is 20.9. The Morgan fingerprint density at radius 2 is 1.71 bits per heavy atom. The van der Waals surface area contributed by atoms with Gasteiger partial charge in [0.2, 0.25) is 5.91 Å². The summed E-state index contributed by atoms with van der Waals surface area (Å²) in [6, 6.07) is 21.3. The average Bonchev–Trinajstić information content (AvgIpc) is 2.79. The van der Waals surface area contributed by atoms with Crippen LogP contribution in [0.25, 0.3) is 0 Å². The minimum atomic E-state index is -3.66. The molecule has 1 aliphatic heterocycles. The van der Waals surface area contributed by atoms with Crippen LogP contribution in [0.15, 0.2) is 77.7 Å². The van der Waals surface area contributed by atoms with Gasteiger partial charge in [-0.05, 0) is 55.3 Å². The molecule has 0 bridgehead atoms. The van der Waals surface area contributed by atoms with Crippen molar-refractivity contribution in [2.24, 2.45) is 0 Å². The summed E-state index contributed by atoms with van der Waals surface area (Å²) in [7, 11) is -3.66. The van der Waals surface area contributed by atoms with Gasteiger partial charge in [0.25, 0.3) is 10.0 Å². The van der Waals surface area contributed by atoms with Crippen LogP contribution in [0.1, 0.15) is 17.5 Å².